The highest BCUT2D eigenvalue weighted by Crippen LogP contribution is 2.33. The summed E-state index contributed by atoms with van der Waals surface area (Å²) in [5, 5.41) is 0. The first-order valence-corrected chi connectivity index (χ1v) is 10.2. The summed E-state index contributed by atoms with van der Waals surface area (Å²) in [7, 11) is 0. The second-order valence-electron chi connectivity index (χ2n) is 8.01. The minimum Gasteiger partial charge on any atom is -0.344 e. The van der Waals surface area contributed by atoms with Gasteiger partial charge in [0, 0.05) is 17.3 Å². The van der Waals surface area contributed by atoms with Crippen molar-refractivity contribution in [2.24, 2.45) is 5.73 Å². The SMILES string of the molecule is CC1(N)COC(c2nc(-c3ccc(F)cc3)c(-c3ccnc(-c4cc[c]cc4)n3)[nH]2)OC1. The van der Waals surface area contributed by atoms with Crippen LogP contribution in [0.3, 0.4) is 0 Å². The third kappa shape index (κ3) is 4.16. The fraction of sp³-hybridized carbons (Fsp3) is 0.208. The molecule has 8 heteroatoms. The first kappa shape index (κ1) is 20.4. The maximum atomic E-state index is 13.5. The van der Waals surface area contributed by atoms with Gasteiger partial charge in [0.1, 0.15) is 5.82 Å². The van der Waals surface area contributed by atoms with Crippen LogP contribution in [0.25, 0.3) is 34.0 Å². The number of aromatic amines is 1. The molecular formula is C24H21FN5O2. The summed E-state index contributed by atoms with van der Waals surface area (Å²) in [6.45, 7) is 2.54. The Bertz CT molecular complexity index is 1210. The molecule has 7 nitrogen and oxygen atoms in total. The van der Waals surface area contributed by atoms with E-state index < -0.39 is 11.8 Å². The van der Waals surface area contributed by atoms with Crippen LogP contribution in [0.15, 0.2) is 60.8 Å². The van der Waals surface area contributed by atoms with Gasteiger partial charge in [0.15, 0.2) is 11.6 Å². The van der Waals surface area contributed by atoms with E-state index in [0.29, 0.717) is 41.9 Å². The van der Waals surface area contributed by atoms with Gasteiger partial charge in [0.25, 0.3) is 0 Å². The van der Waals surface area contributed by atoms with Crippen molar-refractivity contribution in [2.45, 2.75) is 18.8 Å². The Hall–Kier alpha value is -3.46. The number of nitrogens with two attached hydrogens (primary N) is 1. The minimum absolute atomic E-state index is 0.322. The molecule has 1 radical (unpaired) electrons. The number of aromatic nitrogens is 4. The number of ether oxygens (including phenoxy) is 2. The lowest BCUT2D eigenvalue weighted by molar-refractivity contribution is -0.211. The Morgan fingerprint density at radius 2 is 1.75 bits per heavy atom. The molecule has 1 aliphatic rings. The number of halogens is 1. The number of imidazole rings is 1. The van der Waals surface area contributed by atoms with Crippen LogP contribution >= 0.6 is 0 Å². The molecule has 0 atom stereocenters. The van der Waals surface area contributed by atoms with Gasteiger partial charge in [-0.05, 0) is 43.3 Å². The number of rotatable bonds is 4. The number of hydrogen-bond acceptors (Lipinski definition) is 6. The van der Waals surface area contributed by atoms with Gasteiger partial charge in [-0.3, -0.25) is 0 Å². The number of benzene rings is 2. The molecule has 32 heavy (non-hydrogen) atoms. The zero-order chi connectivity index (χ0) is 22.1. The molecule has 3 N–H and O–H groups in total. The van der Waals surface area contributed by atoms with Crippen LogP contribution < -0.4 is 5.73 Å². The second kappa shape index (κ2) is 8.23. The molecule has 0 saturated carbocycles. The summed E-state index contributed by atoms with van der Waals surface area (Å²) < 4.78 is 25.1. The summed E-state index contributed by atoms with van der Waals surface area (Å²) in [4.78, 5) is 17.1. The molecule has 0 amide bonds. The first-order valence-electron chi connectivity index (χ1n) is 10.2. The molecule has 0 bridgehead atoms. The first-order chi connectivity index (χ1) is 15.5. The fourth-order valence-electron chi connectivity index (χ4n) is 3.46. The average molecular weight is 430 g/mol. The lowest BCUT2D eigenvalue weighted by atomic mass is 10.1. The van der Waals surface area contributed by atoms with E-state index in [2.05, 4.69) is 16.0 Å². The molecule has 5 rings (SSSR count). The molecule has 1 fully saturated rings. The molecule has 4 aromatic rings. The van der Waals surface area contributed by atoms with Gasteiger partial charge in [0.2, 0.25) is 6.29 Å². The van der Waals surface area contributed by atoms with Crippen molar-refractivity contribution in [3.8, 4) is 34.0 Å². The summed E-state index contributed by atoms with van der Waals surface area (Å²) in [6.07, 6.45) is 1.00. The number of nitrogens with zero attached hydrogens (tertiary/aromatic N) is 3. The van der Waals surface area contributed by atoms with E-state index in [1.165, 1.54) is 12.1 Å². The van der Waals surface area contributed by atoms with E-state index in [1.807, 2.05) is 31.2 Å². The van der Waals surface area contributed by atoms with Crippen LogP contribution in [0.2, 0.25) is 0 Å². The largest absolute Gasteiger partial charge is 0.344 e. The highest BCUT2D eigenvalue weighted by atomic mass is 19.1. The highest BCUT2D eigenvalue weighted by molar-refractivity contribution is 5.77. The average Bonchev–Trinajstić information content (AvgIpc) is 3.26. The van der Waals surface area contributed by atoms with Crippen molar-refractivity contribution in [1.82, 2.24) is 19.9 Å². The summed E-state index contributed by atoms with van der Waals surface area (Å²) in [5.74, 6) is 0.739. The Morgan fingerprint density at radius 1 is 1.03 bits per heavy atom. The number of hydrogen-bond donors (Lipinski definition) is 2. The summed E-state index contributed by atoms with van der Waals surface area (Å²) in [6, 6.07) is 18.3. The zero-order valence-electron chi connectivity index (χ0n) is 17.4. The molecule has 1 aliphatic heterocycles. The lowest BCUT2D eigenvalue weighted by Crippen LogP contribution is -2.50. The van der Waals surface area contributed by atoms with E-state index in [1.54, 1.807) is 24.4 Å². The Morgan fingerprint density at radius 3 is 2.47 bits per heavy atom. The second-order valence-corrected chi connectivity index (χ2v) is 8.01. The van der Waals surface area contributed by atoms with Crippen molar-refractivity contribution < 1.29 is 13.9 Å². The minimum atomic E-state index is -0.689. The van der Waals surface area contributed by atoms with Crippen LogP contribution in [0.4, 0.5) is 4.39 Å². The van der Waals surface area contributed by atoms with E-state index >= 15 is 0 Å². The molecule has 3 heterocycles. The Balaban J connectivity index is 1.58. The normalized spacial score (nSPS) is 20.9. The van der Waals surface area contributed by atoms with E-state index in [4.69, 9.17) is 25.2 Å². The molecular weight excluding hydrogens is 409 g/mol. The van der Waals surface area contributed by atoms with E-state index in [0.717, 1.165) is 11.1 Å². The van der Waals surface area contributed by atoms with Crippen LogP contribution in [-0.4, -0.2) is 38.7 Å². The predicted molar refractivity (Wildman–Crippen MR) is 117 cm³/mol. The van der Waals surface area contributed by atoms with Crippen LogP contribution in [0.1, 0.15) is 19.0 Å². The van der Waals surface area contributed by atoms with Crippen molar-refractivity contribution >= 4 is 0 Å². The van der Waals surface area contributed by atoms with Gasteiger partial charge < -0.3 is 20.2 Å². The molecule has 1 saturated heterocycles. The molecule has 2 aromatic carbocycles. The highest BCUT2D eigenvalue weighted by Gasteiger charge is 2.32. The van der Waals surface area contributed by atoms with E-state index in [9.17, 15) is 4.39 Å². The van der Waals surface area contributed by atoms with Gasteiger partial charge in [0.05, 0.1) is 35.8 Å². The maximum absolute atomic E-state index is 13.5. The van der Waals surface area contributed by atoms with Crippen LogP contribution in [0, 0.1) is 11.9 Å². The number of nitrogens with one attached hydrogen (secondary N) is 1. The maximum Gasteiger partial charge on any atom is 0.217 e. The smallest absolute Gasteiger partial charge is 0.217 e. The van der Waals surface area contributed by atoms with Crippen LogP contribution in [0.5, 0.6) is 0 Å². The van der Waals surface area contributed by atoms with Crippen molar-refractivity contribution in [2.75, 3.05) is 13.2 Å². The van der Waals surface area contributed by atoms with Crippen molar-refractivity contribution in [3.63, 3.8) is 0 Å². The standard InChI is InChI=1S/C24H21FN5O2/c1-24(26)13-31-23(32-14-24)22-29-19(15-7-9-17(25)10-8-15)20(30-22)18-11-12-27-21(28-18)16-5-3-2-4-6-16/h3-12,23H,13-14,26H2,1H3,(H,29,30). The van der Waals surface area contributed by atoms with Gasteiger partial charge in [-0.1, -0.05) is 24.3 Å². The monoisotopic (exact) mass is 430 g/mol. The van der Waals surface area contributed by atoms with E-state index in [-0.39, 0.29) is 5.82 Å². The Labute approximate surface area is 184 Å². The van der Waals surface area contributed by atoms with Crippen LogP contribution in [-0.2, 0) is 9.47 Å². The molecule has 0 unspecified atom stereocenters. The summed E-state index contributed by atoms with van der Waals surface area (Å²) in [5.41, 5.74) is 9.04. The van der Waals surface area contributed by atoms with Gasteiger partial charge in [-0.15, -0.1) is 0 Å². The Kier molecular flexibility index (Phi) is 5.26. The number of H-pyrrole nitrogens is 1. The van der Waals surface area contributed by atoms with Crippen molar-refractivity contribution in [3.05, 3.63) is 78.5 Å². The zero-order valence-corrected chi connectivity index (χ0v) is 17.4. The van der Waals surface area contributed by atoms with Gasteiger partial charge in [-0.25, -0.2) is 19.3 Å². The molecule has 161 valence electrons. The van der Waals surface area contributed by atoms with Crippen molar-refractivity contribution in [1.29, 1.82) is 0 Å². The van der Waals surface area contributed by atoms with Gasteiger partial charge >= 0.3 is 0 Å². The topological polar surface area (TPSA) is 98.9 Å². The lowest BCUT2D eigenvalue weighted by Gasteiger charge is -2.33. The predicted octanol–water partition coefficient (Wildman–Crippen LogP) is 3.90. The third-order valence-electron chi connectivity index (χ3n) is 5.08. The quantitative estimate of drug-likeness (QED) is 0.509. The molecule has 2 aromatic heterocycles. The fourth-order valence-corrected chi connectivity index (χ4v) is 3.46. The molecule has 0 spiro atoms. The van der Waals surface area contributed by atoms with Gasteiger partial charge in [-0.2, -0.15) is 0 Å². The third-order valence-corrected chi connectivity index (χ3v) is 5.08. The molecule has 0 aliphatic carbocycles. The summed E-state index contributed by atoms with van der Waals surface area (Å²) >= 11 is 0.